The van der Waals surface area contributed by atoms with Crippen molar-refractivity contribution in [1.82, 2.24) is 0 Å². The first-order valence-corrected chi connectivity index (χ1v) is 9.12. The van der Waals surface area contributed by atoms with Crippen LogP contribution in [0.3, 0.4) is 0 Å². The van der Waals surface area contributed by atoms with Crippen molar-refractivity contribution in [3.63, 3.8) is 0 Å². The summed E-state index contributed by atoms with van der Waals surface area (Å²) in [6, 6.07) is 5.39. The zero-order valence-electron chi connectivity index (χ0n) is 12.1. The van der Waals surface area contributed by atoms with Crippen molar-refractivity contribution in [2.24, 2.45) is 17.6 Å². The lowest BCUT2D eigenvalue weighted by Crippen LogP contribution is -2.22. The van der Waals surface area contributed by atoms with Crippen LogP contribution in [0.1, 0.15) is 24.9 Å². The summed E-state index contributed by atoms with van der Waals surface area (Å²) in [5.41, 5.74) is 7.17. The molecule has 0 bridgehead atoms. The highest BCUT2D eigenvalue weighted by Crippen LogP contribution is 2.36. The first-order valence-electron chi connectivity index (χ1n) is 7.30. The van der Waals surface area contributed by atoms with Crippen LogP contribution in [0.4, 0.5) is 0 Å². The van der Waals surface area contributed by atoms with Crippen LogP contribution in [-0.4, -0.2) is 33.1 Å². The summed E-state index contributed by atoms with van der Waals surface area (Å²) >= 11 is 0. The molecule has 2 N–H and O–H groups in total. The maximum absolute atomic E-state index is 11.6. The molecule has 3 atom stereocenters. The van der Waals surface area contributed by atoms with Gasteiger partial charge in [-0.1, -0.05) is 13.0 Å². The van der Waals surface area contributed by atoms with Crippen LogP contribution in [0.5, 0.6) is 11.5 Å². The standard InChI is InChI=1S/C15H21NO4S/c1-10-7-19-13-3-2-11(6-14(13)20-8-10)15(16)12-4-5-21(17,18)9-12/h2-3,6,10,12,15H,4-5,7-9,16H2,1H3. The molecule has 3 unspecified atom stereocenters. The average Bonchev–Trinajstić information content (AvgIpc) is 2.71. The van der Waals surface area contributed by atoms with Crippen molar-refractivity contribution in [3.05, 3.63) is 23.8 Å². The Morgan fingerprint density at radius 1 is 1.24 bits per heavy atom. The van der Waals surface area contributed by atoms with Crippen LogP contribution >= 0.6 is 0 Å². The first-order chi connectivity index (χ1) is 9.94. The molecule has 2 aliphatic heterocycles. The molecule has 0 amide bonds. The molecule has 2 heterocycles. The van der Waals surface area contributed by atoms with Crippen LogP contribution in [0, 0.1) is 11.8 Å². The number of rotatable bonds is 2. The normalized spacial score (nSPS) is 28.9. The smallest absolute Gasteiger partial charge is 0.161 e. The fourth-order valence-corrected chi connectivity index (χ4v) is 4.71. The quantitative estimate of drug-likeness (QED) is 0.896. The SMILES string of the molecule is CC1COc2ccc(C(N)C3CCS(=O)(=O)C3)cc2OC1. The van der Waals surface area contributed by atoms with Gasteiger partial charge in [0.25, 0.3) is 0 Å². The van der Waals surface area contributed by atoms with E-state index in [4.69, 9.17) is 15.2 Å². The molecule has 6 heteroatoms. The molecule has 3 rings (SSSR count). The Kier molecular flexibility index (Phi) is 3.84. The van der Waals surface area contributed by atoms with E-state index < -0.39 is 9.84 Å². The van der Waals surface area contributed by atoms with Gasteiger partial charge in [0, 0.05) is 12.0 Å². The van der Waals surface area contributed by atoms with Crippen LogP contribution < -0.4 is 15.2 Å². The molecule has 1 aromatic carbocycles. The third kappa shape index (κ3) is 3.16. The topological polar surface area (TPSA) is 78.6 Å². The molecule has 5 nitrogen and oxygen atoms in total. The van der Waals surface area contributed by atoms with Crippen molar-refractivity contribution in [2.75, 3.05) is 24.7 Å². The number of nitrogens with two attached hydrogens (primary N) is 1. The summed E-state index contributed by atoms with van der Waals surface area (Å²) in [4.78, 5) is 0. The highest BCUT2D eigenvalue weighted by Gasteiger charge is 2.33. The van der Waals surface area contributed by atoms with Crippen molar-refractivity contribution >= 4 is 9.84 Å². The van der Waals surface area contributed by atoms with E-state index >= 15 is 0 Å². The largest absolute Gasteiger partial charge is 0.489 e. The predicted molar refractivity (Wildman–Crippen MR) is 80.3 cm³/mol. The number of fused-ring (bicyclic) bond motifs is 1. The molecular weight excluding hydrogens is 290 g/mol. The monoisotopic (exact) mass is 311 g/mol. The van der Waals surface area contributed by atoms with Crippen LogP contribution in [-0.2, 0) is 9.84 Å². The molecule has 0 radical (unpaired) electrons. The summed E-state index contributed by atoms with van der Waals surface area (Å²) in [5.74, 6) is 2.18. The van der Waals surface area contributed by atoms with Crippen LogP contribution in [0.25, 0.3) is 0 Å². The Morgan fingerprint density at radius 3 is 2.62 bits per heavy atom. The van der Waals surface area contributed by atoms with Crippen LogP contribution in [0.15, 0.2) is 18.2 Å². The fraction of sp³-hybridized carbons (Fsp3) is 0.600. The summed E-state index contributed by atoms with van der Waals surface area (Å²) in [6.45, 7) is 3.32. The van der Waals surface area contributed by atoms with E-state index in [0.717, 1.165) is 11.3 Å². The number of hydrogen-bond acceptors (Lipinski definition) is 5. The first kappa shape index (κ1) is 14.7. The minimum absolute atomic E-state index is 0.0151. The molecule has 2 aliphatic rings. The van der Waals surface area contributed by atoms with E-state index in [9.17, 15) is 8.42 Å². The number of sulfone groups is 1. The second-order valence-corrected chi connectivity index (χ2v) is 8.35. The van der Waals surface area contributed by atoms with Crippen molar-refractivity contribution in [3.8, 4) is 11.5 Å². The molecule has 1 aromatic rings. The third-order valence-electron chi connectivity index (χ3n) is 4.17. The highest BCUT2D eigenvalue weighted by atomic mass is 32.2. The Balaban J connectivity index is 1.80. The van der Waals surface area contributed by atoms with Gasteiger partial charge in [0.1, 0.15) is 0 Å². The van der Waals surface area contributed by atoms with E-state index in [2.05, 4.69) is 6.92 Å². The van der Waals surface area contributed by atoms with E-state index in [1.807, 2.05) is 18.2 Å². The van der Waals surface area contributed by atoms with Crippen molar-refractivity contribution in [2.45, 2.75) is 19.4 Å². The molecule has 1 fully saturated rings. The maximum Gasteiger partial charge on any atom is 0.161 e. The van der Waals surface area contributed by atoms with Crippen molar-refractivity contribution < 1.29 is 17.9 Å². The average molecular weight is 311 g/mol. The lowest BCUT2D eigenvalue weighted by molar-refractivity contribution is 0.228. The Bertz CT molecular complexity index is 629. The van der Waals surface area contributed by atoms with Gasteiger partial charge in [-0.25, -0.2) is 8.42 Å². The fourth-order valence-electron chi connectivity index (χ4n) is 2.86. The van der Waals surface area contributed by atoms with Gasteiger partial charge < -0.3 is 15.2 Å². The zero-order valence-corrected chi connectivity index (χ0v) is 12.9. The van der Waals surface area contributed by atoms with Crippen LogP contribution in [0.2, 0.25) is 0 Å². The highest BCUT2D eigenvalue weighted by molar-refractivity contribution is 7.91. The molecular formula is C15H21NO4S. The maximum atomic E-state index is 11.6. The second-order valence-electron chi connectivity index (χ2n) is 6.12. The predicted octanol–water partition coefficient (Wildman–Crippen LogP) is 1.53. The molecule has 116 valence electrons. The summed E-state index contributed by atoms with van der Waals surface area (Å²) in [6.07, 6.45) is 0.634. The minimum Gasteiger partial charge on any atom is -0.489 e. The summed E-state index contributed by atoms with van der Waals surface area (Å²) in [5, 5.41) is 0. The van der Waals surface area contributed by atoms with Gasteiger partial charge in [-0.2, -0.15) is 0 Å². The number of hydrogen-bond donors (Lipinski definition) is 1. The Labute approximate surface area is 125 Å². The summed E-state index contributed by atoms with van der Waals surface area (Å²) in [7, 11) is -2.91. The molecule has 1 saturated heterocycles. The zero-order chi connectivity index (χ0) is 15.0. The van der Waals surface area contributed by atoms with E-state index in [1.165, 1.54) is 0 Å². The van der Waals surface area contributed by atoms with Gasteiger partial charge >= 0.3 is 0 Å². The Morgan fingerprint density at radius 2 is 1.95 bits per heavy atom. The van der Waals surface area contributed by atoms with Gasteiger partial charge in [0.2, 0.25) is 0 Å². The Hall–Kier alpha value is -1.27. The summed E-state index contributed by atoms with van der Waals surface area (Å²) < 4.78 is 34.6. The van der Waals surface area contributed by atoms with Gasteiger partial charge in [-0.3, -0.25) is 0 Å². The van der Waals surface area contributed by atoms with Gasteiger partial charge in [0.05, 0.1) is 24.7 Å². The molecule has 0 aromatic heterocycles. The minimum atomic E-state index is -2.91. The molecule has 0 aliphatic carbocycles. The van der Waals surface area contributed by atoms with E-state index in [1.54, 1.807) is 0 Å². The van der Waals surface area contributed by atoms with E-state index in [-0.39, 0.29) is 23.5 Å². The number of ether oxygens (including phenoxy) is 2. The van der Waals surface area contributed by atoms with Gasteiger partial charge in [-0.15, -0.1) is 0 Å². The third-order valence-corrected chi connectivity index (χ3v) is 5.97. The second kappa shape index (κ2) is 5.50. The lowest BCUT2D eigenvalue weighted by Gasteiger charge is -2.19. The number of benzene rings is 1. The van der Waals surface area contributed by atoms with Gasteiger partial charge in [0.15, 0.2) is 21.3 Å². The van der Waals surface area contributed by atoms with E-state index in [0.29, 0.717) is 31.3 Å². The lowest BCUT2D eigenvalue weighted by atomic mass is 9.93. The van der Waals surface area contributed by atoms with Crippen molar-refractivity contribution in [1.29, 1.82) is 0 Å². The molecule has 0 spiro atoms. The molecule has 21 heavy (non-hydrogen) atoms. The molecule has 0 saturated carbocycles. The van der Waals surface area contributed by atoms with Gasteiger partial charge in [-0.05, 0) is 30.0 Å².